The molecule has 0 aromatic rings. The van der Waals surface area contributed by atoms with Gasteiger partial charge in [0.15, 0.2) is 0 Å². The van der Waals surface area contributed by atoms with E-state index in [0.717, 1.165) is 31.7 Å². The van der Waals surface area contributed by atoms with Crippen LogP contribution in [0.2, 0.25) is 0 Å². The molecule has 3 saturated heterocycles. The number of nitroso groups, excluding NO2 is 1. The maximum absolute atomic E-state index is 10.5. The molecule has 0 bridgehead atoms. The first-order chi connectivity index (χ1) is 11.2. The average Bonchev–Trinajstić information content (AvgIpc) is 2.90. The largest absolute Gasteiger partial charge is 0.373 e. The van der Waals surface area contributed by atoms with Gasteiger partial charge in [-0.2, -0.15) is 4.91 Å². The molecule has 0 aliphatic carbocycles. The van der Waals surface area contributed by atoms with Gasteiger partial charge in [0.2, 0.25) is 0 Å². The minimum atomic E-state index is 0.275. The molecule has 132 valence electrons. The van der Waals surface area contributed by atoms with Gasteiger partial charge in [0, 0.05) is 32.2 Å². The Bertz CT molecular complexity index is 368. The number of ether oxygens (including phenoxy) is 1. The van der Waals surface area contributed by atoms with Crippen LogP contribution in [0.4, 0.5) is 0 Å². The number of rotatable bonds is 6. The van der Waals surface area contributed by atoms with Crippen molar-refractivity contribution in [3.8, 4) is 0 Å². The van der Waals surface area contributed by atoms with Crippen molar-refractivity contribution < 1.29 is 4.74 Å². The second-order valence-corrected chi connectivity index (χ2v) is 7.59. The maximum atomic E-state index is 10.5. The van der Waals surface area contributed by atoms with Gasteiger partial charge in [-0.3, -0.25) is 4.90 Å². The highest BCUT2D eigenvalue weighted by molar-refractivity contribution is 4.87. The molecule has 1 N–H and O–H groups in total. The Balaban J connectivity index is 1.35. The monoisotopic (exact) mass is 324 g/mol. The predicted molar refractivity (Wildman–Crippen MR) is 91.6 cm³/mol. The predicted octanol–water partition coefficient (Wildman–Crippen LogP) is 1.31. The van der Waals surface area contributed by atoms with Crippen LogP contribution < -0.4 is 5.32 Å². The van der Waals surface area contributed by atoms with Crippen LogP contribution in [0.25, 0.3) is 0 Å². The number of piperidine rings is 2. The topological polar surface area (TPSA) is 57.2 Å². The van der Waals surface area contributed by atoms with E-state index >= 15 is 0 Å². The first-order valence-electron chi connectivity index (χ1n) is 9.32. The first-order valence-corrected chi connectivity index (χ1v) is 9.32. The molecule has 23 heavy (non-hydrogen) atoms. The van der Waals surface area contributed by atoms with E-state index in [0.29, 0.717) is 12.6 Å². The Morgan fingerprint density at radius 2 is 1.87 bits per heavy atom. The van der Waals surface area contributed by atoms with E-state index in [1.54, 1.807) is 0 Å². The minimum absolute atomic E-state index is 0.275. The lowest BCUT2D eigenvalue weighted by Crippen LogP contribution is -2.42. The standard InChI is InChI=1S/C17H32N4O2/c1-20-13-17(10-15(20)11-19-22)23-16-4-8-21(9-5-16)12-14-2-6-18-7-3-14/h14-18H,2-13H2,1H3. The highest BCUT2D eigenvalue weighted by Crippen LogP contribution is 2.24. The molecule has 0 radical (unpaired) electrons. The molecule has 6 heteroatoms. The molecule has 6 nitrogen and oxygen atoms in total. The summed E-state index contributed by atoms with van der Waals surface area (Å²) < 4.78 is 6.32. The lowest BCUT2D eigenvalue weighted by Gasteiger charge is -2.36. The van der Waals surface area contributed by atoms with Gasteiger partial charge in [-0.25, -0.2) is 0 Å². The van der Waals surface area contributed by atoms with Gasteiger partial charge >= 0.3 is 0 Å². The first kappa shape index (κ1) is 17.3. The molecular formula is C17H32N4O2. The molecular weight excluding hydrogens is 292 g/mol. The van der Waals surface area contributed by atoms with Gasteiger partial charge in [0.05, 0.1) is 18.8 Å². The van der Waals surface area contributed by atoms with E-state index in [1.165, 1.54) is 45.6 Å². The Hall–Kier alpha value is -0.560. The molecule has 0 saturated carbocycles. The third-order valence-corrected chi connectivity index (χ3v) is 5.83. The number of hydrogen-bond acceptors (Lipinski definition) is 6. The van der Waals surface area contributed by atoms with Crippen LogP contribution >= 0.6 is 0 Å². The molecule has 0 aromatic carbocycles. The van der Waals surface area contributed by atoms with Crippen LogP contribution in [-0.4, -0.2) is 80.9 Å². The lowest BCUT2D eigenvalue weighted by molar-refractivity contribution is -0.0388. The van der Waals surface area contributed by atoms with Crippen molar-refractivity contribution in [1.82, 2.24) is 15.1 Å². The fraction of sp³-hybridized carbons (Fsp3) is 1.00. The summed E-state index contributed by atoms with van der Waals surface area (Å²) in [4.78, 5) is 15.3. The lowest BCUT2D eigenvalue weighted by atomic mass is 9.96. The van der Waals surface area contributed by atoms with Crippen molar-refractivity contribution in [2.45, 2.75) is 50.4 Å². The summed E-state index contributed by atoms with van der Waals surface area (Å²) in [6.45, 7) is 7.34. The summed E-state index contributed by atoms with van der Waals surface area (Å²) in [6.07, 6.45) is 6.61. The van der Waals surface area contributed by atoms with Crippen LogP contribution in [0.3, 0.4) is 0 Å². The van der Waals surface area contributed by atoms with E-state index in [1.807, 2.05) is 0 Å². The highest BCUT2D eigenvalue weighted by atomic mass is 16.5. The fourth-order valence-electron chi connectivity index (χ4n) is 4.36. The summed E-state index contributed by atoms with van der Waals surface area (Å²) in [6, 6.07) is 0.275. The van der Waals surface area contributed by atoms with E-state index < -0.39 is 0 Å². The molecule has 0 amide bonds. The molecule has 3 rings (SSSR count). The zero-order valence-electron chi connectivity index (χ0n) is 14.5. The van der Waals surface area contributed by atoms with Crippen LogP contribution in [0.5, 0.6) is 0 Å². The van der Waals surface area contributed by atoms with Gasteiger partial charge < -0.3 is 15.0 Å². The van der Waals surface area contributed by atoms with E-state index in [-0.39, 0.29) is 12.1 Å². The third kappa shape index (κ3) is 4.95. The average molecular weight is 324 g/mol. The number of nitrogens with zero attached hydrogens (tertiary/aromatic N) is 3. The Labute approximate surface area is 139 Å². The minimum Gasteiger partial charge on any atom is -0.373 e. The molecule has 3 fully saturated rings. The molecule has 0 aromatic heterocycles. The maximum Gasteiger partial charge on any atom is 0.0967 e. The Morgan fingerprint density at radius 3 is 2.57 bits per heavy atom. The summed E-state index contributed by atoms with van der Waals surface area (Å²) in [5.41, 5.74) is 0. The highest BCUT2D eigenvalue weighted by Gasteiger charge is 2.33. The van der Waals surface area contributed by atoms with Gasteiger partial charge in [-0.15, -0.1) is 0 Å². The SMILES string of the molecule is CN1CC(OC2CCN(CC3CCNCC3)CC2)CC1CN=O. The van der Waals surface area contributed by atoms with Crippen LogP contribution in [0.1, 0.15) is 32.1 Å². The molecule has 3 aliphatic rings. The summed E-state index contributed by atoms with van der Waals surface area (Å²) in [5, 5.41) is 6.50. The van der Waals surface area contributed by atoms with E-state index in [9.17, 15) is 4.91 Å². The van der Waals surface area contributed by atoms with E-state index in [2.05, 4.69) is 27.3 Å². The molecule has 3 heterocycles. The van der Waals surface area contributed by atoms with E-state index in [4.69, 9.17) is 4.74 Å². The van der Waals surface area contributed by atoms with Crippen molar-refractivity contribution >= 4 is 0 Å². The zero-order valence-corrected chi connectivity index (χ0v) is 14.5. The quantitative estimate of drug-likeness (QED) is 0.747. The normalized spacial score (nSPS) is 32.4. The van der Waals surface area contributed by atoms with Crippen molar-refractivity contribution in [2.75, 3.05) is 52.9 Å². The smallest absolute Gasteiger partial charge is 0.0967 e. The third-order valence-electron chi connectivity index (χ3n) is 5.83. The van der Waals surface area contributed by atoms with Crippen molar-refractivity contribution in [2.24, 2.45) is 11.1 Å². The number of nitrogens with one attached hydrogen (secondary N) is 1. The molecule has 0 spiro atoms. The van der Waals surface area contributed by atoms with Crippen molar-refractivity contribution in [3.05, 3.63) is 4.91 Å². The number of likely N-dealkylation sites (tertiary alicyclic amines) is 2. The van der Waals surface area contributed by atoms with Crippen LogP contribution in [-0.2, 0) is 4.74 Å². The van der Waals surface area contributed by atoms with Gasteiger partial charge in [0.1, 0.15) is 0 Å². The zero-order chi connectivity index (χ0) is 16.1. The molecule has 3 aliphatic heterocycles. The Morgan fingerprint density at radius 1 is 1.13 bits per heavy atom. The van der Waals surface area contributed by atoms with Crippen molar-refractivity contribution in [3.63, 3.8) is 0 Å². The summed E-state index contributed by atoms with van der Waals surface area (Å²) in [5.74, 6) is 0.883. The second-order valence-electron chi connectivity index (χ2n) is 7.59. The number of hydrogen-bond donors (Lipinski definition) is 1. The van der Waals surface area contributed by atoms with Gasteiger partial charge in [-0.1, -0.05) is 5.18 Å². The molecule has 2 atom stereocenters. The fourth-order valence-corrected chi connectivity index (χ4v) is 4.36. The van der Waals surface area contributed by atoms with Crippen LogP contribution in [0.15, 0.2) is 5.18 Å². The second kappa shape index (κ2) is 8.51. The summed E-state index contributed by atoms with van der Waals surface area (Å²) >= 11 is 0. The summed E-state index contributed by atoms with van der Waals surface area (Å²) in [7, 11) is 2.07. The van der Waals surface area contributed by atoms with Crippen LogP contribution in [0, 0.1) is 10.8 Å². The van der Waals surface area contributed by atoms with Gasteiger partial charge in [-0.05, 0) is 58.2 Å². The molecule has 2 unspecified atom stereocenters. The van der Waals surface area contributed by atoms with Gasteiger partial charge in [0.25, 0.3) is 0 Å². The Kier molecular flexibility index (Phi) is 6.39. The van der Waals surface area contributed by atoms with Crippen molar-refractivity contribution in [1.29, 1.82) is 0 Å². The number of likely N-dealkylation sites (N-methyl/N-ethyl adjacent to an activating group) is 1.